The van der Waals surface area contributed by atoms with Crippen molar-refractivity contribution in [2.45, 2.75) is 20.3 Å². The van der Waals surface area contributed by atoms with Gasteiger partial charge in [-0.2, -0.15) is 0 Å². The standard InChI is InChI=1S/C11H12F2O2/c1-3-15-9-6-4-5-8(7(2)14)10(9)11(12)13/h4-6,11H,3H2,1-2H3. The summed E-state index contributed by atoms with van der Waals surface area (Å²) < 4.78 is 30.5. The van der Waals surface area contributed by atoms with Gasteiger partial charge in [0.1, 0.15) is 5.75 Å². The molecule has 0 amide bonds. The lowest BCUT2D eigenvalue weighted by Gasteiger charge is -2.12. The summed E-state index contributed by atoms with van der Waals surface area (Å²) in [7, 11) is 0. The van der Waals surface area contributed by atoms with Gasteiger partial charge in [0.25, 0.3) is 6.43 Å². The molecular weight excluding hydrogens is 202 g/mol. The first kappa shape index (κ1) is 11.6. The Kier molecular flexibility index (Phi) is 3.77. The van der Waals surface area contributed by atoms with Gasteiger partial charge in [0.2, 0.25) is 0 Å². The third kappa shape index (κ3) is 2.52. The molecule has 0 saturated heterocycles. The number of hydrogen-bond donors (Lipinski definition) is 0. The van der Waals surface area contributed by atoms with Gasteiger partial charge in [-0.3, -0.25) is 4.79 Å². The minimum absolute atomic E-state index is 0.0240. The van der Waals surface area contributed by atoms with Crippen LogP contribution < -0.4 is 4.74 Å². The summed E-state index contributed by atoms with van der Waals surface area (Å²) in [6.07, 6.45) is -2.70. The molecule has 15 heavy (non-hydrogen) atoms. The van der Waals surface area contributed by atoms with E-state index in [9.17, 15) is 13.6 Å². The number of Topliss-reactive ketones (excluding diaryl/α,β-unsaturated/α-hetero) is 1. The van der Waals surface area contributed by atoms with Gasteiger partial charge in [0.15, 0.2) is 5.78 Å². The number of ketones is 1. The highest BCUT2D eigenvalue weighted by molar-refractivity contribution is 5.96. The summed E-state index contributed by atoms with van der Waals surface area (Å²) in [4.78, 5) is 11.1. The molecule has 0 radical (unpaired) electrons. The normalized spacial score (nSPS) is 10.5. The fourth-order valence-electron chi connectivity index (χ4n) is 1.36. The molecule has 0 fully saturated rings. The first-order valence-corrected chi connectivity index (χ1v) is 4.62. The SMILES string of the molecule is CCOc1cccc(C(C)=O)c1C(F)F. The quantitative estimate of drug-likeness (QED) is 0.719. The van der Waals surface area contributed by atoms with E-state index in [0.717, 1.165) is 0 Å². The summed E-state index contributed by atoms with van der Waals surface area (Å²) in [5.41, 5.74) is -0.289. The average Bonchev–Trinajstić information content (AvgIpc) is 2.17. The van der Waals surface area contributed by atoms with Gasteiger partial charge in [-0.15, -0.1) is 0 Å². The number of ether oxygens (including phenoxy) is 1. The lowest BCUT2D eigenvalue weighted by molar-refractivity contribution is 0.0995. The van der Waals surface area contributed by atoms with Crippen LogP contribution in [0.2, 0.25) is 0 Å². The minimum atomic E-state index is -2.70. The molecule has 1 aromatic rings. The van der Waals surface area contributed by atoms with E-state index < -0.39 is 6.43 Å². The molecule has 0 heterocycles. The van der Waals surface area contributed by atoms with Gasteiger partial charge >= 0.3 is 0 Å². The Morgan fingerprint density at radius 2 is 2.13 bits per heavy atom. The zero-order chi connectivity index (χ0) is 11.4. The van der Waals surface area contributed by atoms with Crippen molar-refractivity contribution in [2.75, 3.05) is 6.61 Å². The van der Waals surface area contributed by atoms with Crippen molar-refractivity contribution in [1.82, 2.24) is 0 Å². The number of rotatable bonds is 4. The second kappa shape index (κ2) is 4.87. The van der Waals surface area contributed by atoms with Crippen molar-refractivity contribution in [3.8, 4) is 5.75 Å². The van der Waals surface area contributed by atoms with Crippen LogP contribution in [0.4, 0.5) is 8.78 Å². The Labute approximate surface area is 86.9 Å². The monoisotopic (exact) mass is 214 g/mol. The van der Waals surface area contributed by atoms with Gasteiger partial charge in [-0.25, -0.2) is 8.78 Å². The molecule has 1 rings (SSSR count). The number of alkyl halides is 2. The molecule has 2 nitrogen and oxygen atoms in total. The van der Waals surface area contributed by atoms with Gasteiger partial charge in [0.05, 0.1) is 12.2 Å². The molecule has 0 bridgehead atoms. The predicted molar refractivity (Wildman–Crippen MR) is 52.6 cm³/mol. The van der Waals surface area contributed by atoms with Crippen LogP contribution in [0.5, 0.6) is 5.75 Å². The topological polar surface area (TPSA) is 26.3 Å². The van der Waals surface area contributed by atoms with Crippen molar-refractivity contribution in [2.24, 2.45) is 0 Å². The molecule has 1 aromatic carbocycles. The Balaban J connectivity index is 3.28. The van der Waals surface area contributed by atoms with Crippen molar-refractivity contribution >= 4 is 5.78 Å². The summed E-state index contributed by atoms with van der Waals surface area (Å²) >= 11 is 0. The first-order chi connectivity index (χ1) is 7.07. The molecule has 0 aliphatic carbocycles. The maximum Gasteiger partial charge on any atom is 0.268 e. The smallest absolute Gasteiger partial charge is 0.268 e. The second-order valence-electron chi connectivity index (χ2n) is 3.01. The van der Waals surface area contributed by atoms with E-state index in [1.807, 2.05) is 0 Å². The lowest BCUT2D eigenvalue weighted by atomic mass is 10.0. The maximum atomic E-state index is 12.7. The highest BCUT2D eigenvalue weighted by Gasteiger charge is 2.20. The zero-order valence-corrected chi connectivity index (χ0v) is 8.59. The molecule has 0 saturated carbocycles. The Morgan fingerprint density at radius 3 is 2.60 bits per heavy atom. The van der Waals surface area contributed by atoms with Crippen LogP contribution in [0.25, 0.3) is 0 Å². The molecule has 0 aliphatic rings. The lowest BCUT2D eigenvalue weighted by Crippen LogP contribution is -2.04. The summed E-state index contributed by atoms with van der Waals surface area (Å²) in [6, 6.07) is 4.36. The zero-order valence-electron chi connectivity index (χ0n) is 8.59. The van der Waals surface area contributed by atoms with Crippen LogP contribution in [-0.2, 0) is 0 Å². The van der Waals surface area contributed by atoms with Crippen molar-refractivity contribution in [3.05, 3.63) is 29.3 Å². The molecule has 0 aliphatic heterocycles. The molecule has 0 N–H and O–H groups in total. The molecule has 0 spiro atoms. The van der Waals surface area contributed by atoms with Gasteiger partial charge in [-0.1, -0.05) is 12.1 Å². The number of halogens is 2. The van der Waals surface area contributed by atoms with E-state index in [1.165, 1.54) is 25.1 Å². The molecule has 0 unspecified atom stereocenters. The molecule has 4 heteroatoms. The van der Waals surface area contributed by atoms with Crippen LogP contribution >= 0.6 is 0 Å². The van der Waals surface area contributed by atoms with Crippen molar-refractivity contribution < 1.29 is 18.3 Å². The average molecular weight is 214 g/mol. The maximum absolute atomic E-state index is 12.7. The van der Waals surface area contributed by atoms with Crippen LogP contribution in [0.1, 0.15) is 36.2 Å². The van der Waals surface area contributed by atoms with Gasteiger partial charge < -0.3 is 4.74 Å². The highest BCUT2D eigenvalue weighted by atomic mass is 19.3. The van der Waals surface area contributed by atoms with E-state index in [4.69, 9.17) is 4.74 Å². The number of carbonyl (C=O) groups is 1. The Morgan fingerprint density at radius 1 is 1.47 bits per heavy atom. The summed E-state index contributed by atoms with van der Waals surface area (Å²) in [5, 5.41) is 0. The molecule has 0 atom stereocenters. The summed E-state index contributed by atoms with van der Waals surface area (Å²) in [5.74, 6) is -0.299. The van der Waals surface area contributed by atoms with Crippen LogP contribution in [0.15, 0.2) is 18.2 Å². The Bertz CT molecular complexity index is 362. The van der Waals surface area contributed by atoms with E-state index in [0.29, 0.717) is 6.61 Å². The Hall–Kier alpha value is -1.45. The predicted octanol–water partition coefficient (Wildman–Crippen LogP) is 3.23. The van der Waals surface area contributed by atoms with E-state index >= 15 is 0 Å². The van der Waals surface area contributed by atoms with Gasteiger partial charge in [0, 0.05) is 5.56 Å². The number of hydrogen-bond acceptors (Lipinski definition) is 2. The second-order valence-corrected chi connectivity index (χ2v) is 3.01. The molecular formula is C11H12F2O2. The van der Waals surface area contributed by atoms with E-state index in [-0.39, 0.29) is 22.7 Å². The van der Waals surface area contributed by atoms with Crippen LogP contribution in [0.3, 0.4) is 0 Å². The van der Waals surface area contributed by atoms with E-state index in [1.54, 1.807) is 6.92 Å². The number of benzene rings is 1. The fraction of sp³-hybridized carbons (Fsp3) is 0.364. The third-order valence-electron chi connectivity index (χ3n) is 1.96. The largest absolute Gasteiger partial charge is 0.493 e. The van der Waals surface area contributed by atoms with Crippen molar-refractivity contribution in [1.29, 1.82) is 0 Å². The van der Waals surface area contributed by atoms with Crippen molar-refractivity contribution in [3.63, 3.8) is 0 Å². The van der Waals surface area contributed by atoms with Gasteiger partial charge in [-0.05, 0) is 19.9 Å². The number of carbonyl (C=O) groups excluding carboxylic acids is 1. The third-order valence-corrected chi connectivity index (χ3v) is 1.96. The summed E-state index contributed by atoms with van der Waals surface area (Å²) in [6.45, 7) is 3.26. The highest BCUT2D eigenvalue weighted by Crippen LogP contribution is 2.32. The molecule has 0 aromatic heterocycles. The van der Waals surface area contributed by atoms with Crippen LogP contribution in [0, 0.1) is 0 Å². The first-order valence-electron chi connectivity index (χ1n) is 4.62. The fourth-order valence-corrected chi connectivity index (χ4v) is 1.36. The van der Waals surface area contributed by atoms with E-state index in [2.05, 4.69) is 0 Å². The minimum Gasteiger partial charge on any atom is -0.493 e. The molecule has 82 valence electrons. The van der Waals surface area contributed by atoms with Crippen LogP contribution in [-0.4, -0.2) is 12.4 Å².